The summed E-state index contributed by atoms with van der Waals surface area (Å²) in [6.45, 7) is 0.0981. The molecule has 3 N–H and O–H groups in total. The summed E-state index contributed by atoms with van der Waals surface area (Å²) in [5, 5.41) is 9.87. The standard InChI is InChI=1S/C17H23N5O3/c18-15-12-16(20-8-19-15)22(9-21-12)11-6-10(7-23)13-14(11)25-17(24-13)4-2-1-3-5-17/h8-11,13-14,23H,1-7H2,(H2,18,19,20)/t10-,11-,13-,14+/m1/s1. The highest BCUT2D eigenvalue weighted by Crippen LogP contribution is 2.51. The van der Waals surface area contributed by atoms with Gasteiger partial charge in [0, 0.05) is 25.4 Å². The summed E-state index contributed by atoms with van der Waals surface area (Å²) in [6, 6.07) is 0.0303. The Bertz CT molecular complexity index is 788. The highest BCUT2D eigenvalue weighted by molar-refractivity contribution is 5.81. The van der Waals surface area contributed by atoms with Gasteiger partial charge in [-0.25, -0.2) is 15.0 Å². The smallest absolute Gasteiger partial charge is 0.169 e. The molecule has 8 nitrogen and oxygen atoms in total. The number of nitrogens with zero attached hydrogens (tertiary/aromatic N) is 4. The van der Waals surface area contributed by atoms with Gasteiger partial charge in [0.25, 0.3) is 0 Å². The van der Waals surface area contributed by atoms with Crippen LogP contribution in [0.2, 0.25) is 0 Å². The maximum Gasteiger partial charge on any atom is 0.169 e. The van der Waals surface area contributed by atoms with Crippen molar-refractivity contribution in [2.75, 3.05) is 12.3 Å². The maximum atomic E-state index is 9.87. The van der Waals surface area contributed by atoms with Crippen LogP contribution in [0.3, 0.4) is 0 Å². The first-order valence-corrected chi connectivity index (χ1v) is 9.10. The van der Waals surface area contributed by atoms with E-state index in [2.05, 4.69) is 15.0 Å². The second-order valence-electron chi connectivity index (χ2n) is 7.46. The highest BCUT2D eigenvalue weighted by atomic mass is 16.8. The molecule has 1 aliphatic heterocycles. The van der Waals surface area contributed by atoms with Gasteiger partial charge in [-0.3, -0.25) is 0 Å². The summed E-state index contributed by atoms with van der Waals surface area (Å²) in [5.41, 5.74) is 7.24. The van der Waals surface area contributed by atoms with Crippen molar-refractivity contribution in [3.63, 3.8) is 0 Å². The van der Waals surface area contributed by atoms with Crippen LogP contribution < -0.4 is 5.73 Å². The minimum atomic E-state index is -0.468. The molecule has 0 aromatic carbocycles. The maximum absolute atomic E-state index is 9.87. The average Bonchev–Trinajstić information content (AvgIpc) is 3.28. The zero-order chi connectivity index (χ0) is 17.0. The van der Waals surface area contributed by atoms with E-state index in [-0.39, 0.29) is 30.8 Å². The molecule has 2 aromatic heterocycles. The number of nitrogen functional groups attached to an aromatic ring is 1. The summed E-state index contributed by atoms with van der Waals surface area (Å²) in [7, 11) is 0. The van der Waals surface area contributed by atoms with Crippen LogP contribution in [0.25, 0.3) is 11.2 Å². The van der Waals surface area contributed by atoms with Gasteiger partial charge in [-0.15, -0.1) is 0 Å². The molecule has 134 valence electrons. The molecule has 8 heteroatoms. The fraction of sp³-hybridized carbons (Fsp3) is 0.706. The van der Waals surface area contributed by atoms with E-state index in [0.717, 1.165) is 32.1 Å². The number of imidazole rings is 1. The molecular formula is C17H23N5O3. The molecule has 3 aliphatic rings. The van der Waals surface area contributed by atoms with Crippen molar-refractivity contribution in [2.24, 2.45) is 5.92 Å². The second kappa shape index (κ2) is 5.62. The number of anilines is 1. The molecule has 3 fully saturated rings. The Labute approximate surface area is 145 Å². The van der Waals surface area contributed by atoms with Gasteiger partial charge in [-0.05, 0) is 19.3 Å². The molecule has 2 aromatic rings. The quantitative estimate of drug-likeness (QED) is 0.847. The van der Waals surface area contributed by atoms with Crippen LogP contribution in [0.4, 0.5) is 5.82 Å². The van der Waals surface area contributed by atoms with Gasteiger partial charge in [0.2, 0.25) is 0 Å². The van der Waals surface area contributed by atoms with Crippen LogP contribution in [0.1, 0.15) is 44.6 Å². The summed E-state index contributed by atoms with van der Waals surface area (Å²) in [5.74, 6) is -0.0263. The Morgan fingerprint density at radius 3 is 2.76 bits per heavy atom. The molecule has 0 unspecified atom stereocenters. The van der Waals surface area contributed by atoms with E-state index >= 15 is 0 Å². The number of hydrogen-bond acceptors (Lipinski definition) is 7. The van der Waals surface area contributed by atoms with Gasteiger partial charge in [0.1, 0.15) is 17.9 Å². The van der Waals surface area contributed by atoms with Crippen LogP contribution in [0.5, 0.6) is 0 Å². The lowest BCUT2D eigenvalue weighted by molar-refractivity contribution is -0.206. The van der Waals surface area contributed by atoms with E-state index in [0.29, 0.717) is 17.0 Å². The Kier molecular flexibility index (Phi) is 3.48. The summed E-state index contributed by atoms with van der Waals surface area (Å²) < 4.78 is 14.9. The summed E-state index contributed by atoms with van der Waals surface area (Å²) in [6.07, 6.45) is 9.18. The van der Waals surface area contributed by atoms with E-state index in [9.17, 15) is 5.11 Å². The first-order valence-electron chi connectivity index (χ1n) is 9.10. The largest absolute Gasteiger partial charge is 0.396 e. The SMILES string of the molecule is Nc1ncnc2c1ncn2[C@@H]1C[C@H](CO)[C@H]2OC3(CCCCC3)O[C@H]21. The first kappa shape index (κ1) is 15.5. The minimum Gasteiger partial charge on any atom is -0.396 e. The number of ether oxygens (including phenoxy) is 2. The van der Waals surface area contributed by atoms with E-state index in [1.165, 1.54) is 12.7 Å². The Balaban J connectivity index is 1.52. The van der Waals surface area contributed by atoms with Crippen molar-refractivity contribution in [1.29, 1.82) is 0 Å². The topological polar surface area (TPSA) is 108 Å². The number of fused-ring (bicyclic) bond motifs is 2. The van der Waals surface area contributed by atoms with Crippen molar-refractivity contribution in [2.45, 2.75) is 62.6 Å². The van der Waals surface area contributed by atoms with Gasteiger partial charge in [-0.1, -0.05) is 6.42 Å². The fourth-order valence-corrected chi connectivity index (χ4v) is 4.79. The van der Waals surface area contributed by atoms with E-state index in [4.69, 9.17) is 15.2 Å². The predicted octanol–water partition coefficient (Wildman–Crippen LogP) is 1.41. The first-order chi connectivity index (χ1) is 12.2. The fourth-order valence-electron chi connectivity index (χ4n) is 4.79. The van der Waals surface area contributed by atoms with E-state index in [1.54, 1.807) is 6.33 Å². The summed E-state index contributed by atoms with van der Waals surface area (Å²) >= 11 is 0. The van der Waals surface area contributed by atoms with Gasteiger partial charge < -0.3 is 24.9 Å². The van der Waals surface area contributed by atoms with Crippen molar-refractivity contribution < 1.29 is 14.6 Å². The number of rotatable bonds is 2. The molecule has 1 saturated heterocycles. The van der Waals surface area contributed by atoms with Crippen molar-refractivity contribution in [3.8, 4) is 0 Å². The minimum absolute atomic E-state index is 0.0303. The van der Waals surface area contributed by atoms with Crippen molar-refractivity contribution >= 4 is 17.0 Å². The van der Waals surface area contributed by atoms with Gasteiger partial charge in [0.05, 0.1) is 18.5 Å². The Morgan fingerprint density at radius 1 is 1.16 bits per heavy atom. The van der Waals surface area contributed by atoms with Crippen LogP contribution >= 0.6 is 0 Å². The van der Waals surface area contributed by atoms with Gasteiger partial charge >= 0.3 is 0 Å². The molecule has 5 rings (SSSR count). The van der Waals surface area contributed by atoms with Crippen LogP contribution in [-0.4, -0.2) is 49.2 Å². The normalized spacial score (nSPS) is 34.0. The number of aliphatic hydroxyl groups excluding tert-OH is 1. The average molecular weight is 345 g/mol. The van der Waals surface area contributed by atoms with Crippen molar-refractivity contribution in [1.82, 2.24) is 19.5 Å². The molecule has 4 atom stereocenters. The third-order valence-corrected chi connectivity index (χ3v) is 6.01. The number of aliphatic hydroxyl groups is 1. The molecule has 2 saturated carbocycles. The van der Waals surface area contributed by atoms with Crippen LogP contribution in [0, 0.1) is 5.92 Å². The lowest BCUT2D eigenvalue weighted by atomic mass is 9.94. The lowest BCUT2D eigenvalue weighted by Crippen LogP contribution is -2.35. The Morgan fingerprint density at radius 2 is 1.96 bits per heavy atom. The molecule has 25 heavy (non-hydrogen) atoms. The van der Waals surface area contributed by atoms with Crippen LogP contribution in [-0.2, 0) is 9.47 Å². The van der Waals surface area contributed by atoms with Crippen LogP contribution in [0.15, 0.2) is 12.7 Å². The monoisotopic (exact) mass is 345 g/mol. The molecule has 0 radical (unpaired) electrons. The van der Waals surface area contributed by atoms with E-state index < -0.39 is 5.79 Å². The highest BCUT2D eigenvalue weighted by Gasteiger charge is 2.57. The zero-order valence-electron chi connectivity index (χ0n) is 14.0. The molecule has 2 aliphatic carbocycles. The molecule has 0 amide bonds. The lowest BCUT2D eigenvalue weighted by Gasteiger charge is -2.34. The van der Waals surface area contributed by atoms with Gasteiger partial charge in [0.15, 0.2) is 17.3 Å². The third kappa shape index (κ3) is 2.28. The predicted molar refractivity (Wildman–Crippen MR) is 89.5 cm³/mol. The summed E-state index contributed by atoms with van der Waals surface area (Å²) in [4.78, 5) is 12.8. The van der Waals surface area contributed by atoms with E-state index in [1.807, 2.05) is 4.57 Å². The zero-order valence-corrected chi connectivity index (χ0v) is 14.0. The molecular weight excluding hydrogens is 322 g/mol. The number of aromatic nitrogens is 4. The van der Waals surface area contributed by atoms with Crippen molar-refractivity contribution in [3.05, 3.63) is 12.7 Å². The number of nitrogens with two attached hydrogens (primary N) is 1. The Hall–Kier alpha value is -1.77. The second-order valence-corrected chi connectivity index (χ2v) is 7.46. The number of hydrogen-bond donors (Lipinski definition) is 2. The van der Waals surface area contributed by atoms with Gasteiger partial charge in [-0.2, -0.15) is 0 Å². The molecule has 0 bridgehead atoms. The molecule has 3 heterocycles. The third-order valence-electron chi connectivity index (χ3n) is 6.01. The molecule has 1 spiro atoms.